The lowest BCUT2D eigenvalue weighted by molar-refractivity contribution is 0.114. The fraction of sp³-hybridized carbons (Fsp3) is 0.833. The molecule has 1 saturated carbocycles. The Morgan fingerprint density at radius 2 is 1.85 bits per heavy atom. The molecule has 0 aliphatic heterocycles. The van der Waals surface area contributed by atoms with Crippen LogP contribution in [0, 0.1) is 0 Å². The maximum absolute atomic E-state index is 5.99. The Balaban J connectivity index is 1.81. The molecule has 1 nitrogen and oxygen atoms in total. The second-order valence-corrected chi connectivity index (χ2v) is 4.29. The van der Waals surface area contributed by atoms with E-state index in [4.69, 9.17) is 4.74 Å². The highest BCUT2D eigenvalue weighted by molar-refractivity contribution is 4.96. The Morgan fingerprint density at radius 1 is 1.00 bits per heavy atom. The lowest BCUT2D eigenvalue weighted by Crippen LogP contribution is -2.06. The maximum atomic E-state index is 5.99. The van der Waals surface area contributed by atoms with Crippen molar-refractivity contribution < 1.29 is 4.74 Å². The molecule has 0 aromatic heterocycles. The van der Waals surface area contributed by atoms with Crippen LogP contribution < -0.4 is 0 Å². The van der Waals surface area contributed by atoms with E-state index in [1.807, 2.05) is 0 Å². The molecular weight excluding hydrogens is 160 g/mol. The van der Waals surface area contributed by atoms with E-state index in [1.165, 1.54) is 63.5 Å². The third-order valence-corrected chi connectivity index (χ3v) is 3.12. The van der Waals surface area contributed by atoms with Crippen LogP contribution in [0.15, 0.2) is 11.8 Å². The van der Waals surface area contributed by atoms with Gasteiger partial charge in [0.15, 0.2) is 0 Å². The zero-order valence-corrected chi connectivity index (χ0v) is 8.43. The van der Waals surface area contributed by atoms with Gasteiger partial charge in [-0.05, 0) is 51.0 Å². The minimum atomic E-state index is 0.560. The summed E-state index contributed by atoms with van der Waals surface area (Å²) in [5.74, 6) is 1.30. The van der Waals surface area contributed by atoms with E-state index >= 15 is 0 Å². The van der Waals surface area contributed by atoms with Crippen LogP contribution in [0.25, 0.3) is 0 Å². The average Bonchev–Trinajstić information content (AvgIpc) is 2.49. The molecular formula is C12H20O. The zero-order valence-electron chi connectivity index (χ0n) is 8.43. The molecule has 2 aliphatic carbocycles. The summed E-state index contributed by atoms with van der Waals surface area (Å²) in [6.07, 6.45) is 14.7. The molecule has 1 fully saturated rings. The molecule has 0 spiro atoms. The lowest BCUT2D eigenvalue weighted by atomic mass is 10.2. The predicted molar refractivity (Wildman–Crippen MR) is 54.5 cm³/mol. The zero-order chi connectivity index (χ0) is 8.93. The molecule has 0 heterocycles. The van der Waals surface area contributed by atoms with Crippen molar-refractivity contribution in [2.45, 2.75) is 63.9 Å². The first kappa shape index (κ1) is 9.11. The normalized spacial score (nSPS) is 25.4. The van der Waals surface area contributed by atoms with Crippen molar-refractivity contribution in [1.29, 1.82) is 0 Å². The Kier molecular flexibility index (Phi) is 3.28. The van der Waals surface area contributed by atoms with Crippen molar-refractivity contribution >= 4 is 0 Å². The first-order chi connectivity index (χ1) is 6.45. The molecule has 0 atom stereocenters. The van der Waals surface area contributed by atoms with Gasteiger partial charge in [0, 0.05) is 6.42 Å². The van der Waals surface area contributed by atoms with Crippen molar-refractivity contribution in [1.82, 2.24) is 0 Å². The van der Waals surface area contributed by atoms with Crippen LogP contribution in [0.5, 0.6) is 0 Å². The molecule has 1 heteroatoms. The van der Waals surface area contributed by atoms with E-state index in [1.54, 1.807) is 0 Å². The van der Waals surface area contributed by atoms with Crippen LogP contribution in [0.1, 0.15) is 57.8 Å². The SMILES string of the molecule is C1=C(OC2CCCC2)CCCCC1. The Hall–Kier alpha value is -0.460. The van der Waals surface area contributed by atoms with Crippen LogP contribution in [0.4, 0.5) is 0 Å². The summed E-state index contributed by atoms with van der Waals surface area (Å²) >= 11 is 0. The van der Waals surface area contributed by atoms with E-state index in [9.17, 15) is 0 Å². The van der Waals surface area contributed by atoms with E-state index in [0.29, 0.717) is 6.10 Å². The molecule has 0 aromatic rings. The first-order valence-corrected chi connectivity index (χ1v) is 5.81. The van der Waals surface area contributed by atoms with Crippen LogP contribution in [0.2, 0.25) is 0 Å². The van der Waals surface area contributed by atoms with E-state index in [-0.39, 0.29) is 0 Å². The maximum Gasteiger partial charge on any atom is 0.0982 e. The third-order valence-electron chi connectivity index (χ3n) is 3.12. The molecule has 0 N–H and O–H groups in total. The lowest BCUT2D eigenvalue weighted by Gasteiger charge is -2.15. The molecule has 2 rings (SSSR count). The predicted octanol–water partition coefficient (Wildman–Crippen LogP) is 3.79. The highest BCUT2D eigenvalue weighted by Crippen LogP contribution is 2.26. The monoisotopic (exact) mass is 180 g/mol. The highest BCUT2D eigenvalue weighted by atomic mass is 16.5. The first-order valence-electron chi connectivity index (χ1n) is 5.81. The minimum absolute atomic E-state index is 0.560. The van der Waals surface area contributed by atoms with Crippen molar-refractivity contribution in [2.75, 3.05) is 0 Å². The highest BCUT2D eigenvalue weighted by Gasteiger charge is 2.17. The number of hydrogen-bond donors (Lipinski definition) is 0. The van der Waals surface area contributed by atoms with Crippen LogP contribution in [-0.2, 0) is 4.74 Å². The van der Waals surface area contributed by atoms with Gasteiger partial charge >= 0.3 is 0 Å². The van der Waals surface area contributed by atoms with Gasteiger partial charge in [0.2, 0.25) is 0 Å². The molecule has 2 aliphatic rings. The largest absolute Gasteiger partial charge is 0.495 e. The fourth-order valence-electron chi connectivity index (χ4n) is 2.31. The van der Waals surface area contributed by atoms with Crippen LogP contribution in [-0.4, -0.2) is 6.10 Å². The summed E-state index contributed by atoms with van der Waals surface area (Å²) in [4.78, 5) is 0. The quantitative estimate of drug-likeness (QED) is 0.628. The molecule has 0 saturated heterocycles. The number of rotatable bonds is 2. The molecule has 0 amide bonds. The van der Waals surface area contributed by atoms with Gasteiger partial charge in [-0.25, -0.2) is 0 Å². The van der Waals surface area contributed by atoms with Crippen LogP contribution >= 0.6 is 0 Å². The summed E-state index contributed by atoms with van der Waals surface area (Å²) in [7, 11) is 0. The van der Waals surface area contributed by atoms with E-state index in [2.05, 4.69) is 6.08 Å². The molecule has 0 bridgehead atoms. The van der Waals surface area contributed by atoms with E-state index < -0.39 is 0 Å². The molecule has 0 radical (unpaired) electrons. The van der Waals surface area contributed by atoms with Gasteiger partial charge in [-0.2, -0.15) is 0 Å². The van der Waals surface area contributed by atoms with Gasteiger partial charge in [-0.3, -0.25) is 0 Å². The third kappa shape index (κ3) is 2.75. The summed E-state index contributed by atoms with van der Waals surface area (Å²) in [5.41, 5.74) is 0. The van der Waals surface area contributed by atoms with Gasteiger partial charge in [-0.1, -0.05) is 6.42 Å². The summed E-state index contributed by atoms with van der Waals surface area (Å²) in [5, 5.41) is 0. The van der Waals surface area contributed by atoms with Gasteiger partial charge in [0.25, 0.3) is 0 Å². The number of allylic oxidation sites excluding steroid dienone is 2. The van der Waals surface area contributed by atoms with Crippen LogP contribution in [0.3, 0.4) is 0 Å². The second-order valence-electron chi connectivity index (χ2n) is 4.29. The van der Waals surface area contributed by atoms with Crippen molar-refractivity contribution in [3.05, 3.63) is 11.8 Å². The fourth-order valence-corrected chi connectivity index (χ4v) is 2.31. The van der Waals surface area contributed by atoms with Gasteiger partial charge < -0.3 is 4.74 Å². The summed E-state index contributed by atoms with van der Waals surface area (Å²) in [6, 6.07) is 0. The van der Waals surface area contributed by atoms with Crippen molar-refractivity contribution in [2.24, 2.45) is 0 Å². The molecule has 0 unspecified atom stereocenters. The second kappa shape index (κ2) is 4.69. The topological polar surface area (TPSA) is 9.23 Å². The molecule has 13 heavy (non-hydrogen) atoms. The molecule has 74 valence electrons. The summed E-state index contributed by atoms with van der Waals surface area (Å²) in [6.45, 7) is 0. The van der Waals surface area contributed by atoms with Gasteiger partial charge in [-0.15, -0.1) is 0 Å². The van der Waals surface area contributed by atoms with Gasteiger partial charge in [0.1, 0.15) is 0 Å². The Bertz CT molecular complexity index is 178. The van der Waals surface area contributed by atoms with Crippen molar-refractivity contribution in [3.63, 3.8) is 0 Å². The standard InChI is InChI=1S/C12H20O/c1-2-4-8-11(7-3-1)13-12-9-5-6-10-12/h7,12H,1-6,8-10H2. The van der Waals surface area contributed by atoms with Crippen molar-refractivity contribution in [3.8, 4) is 0 Å². The van der Waals surface area contributed by atoms with E-state index in [0.717, 1.165) is 0 Å². The Labute approximate surface area is 81.2 Å². The number of hydrogen-bond acceptors (Lipinski definition) is 1. The summed E-state index contributed by atoms with van der Waals surface area (Å²) < 4.78 is 5.99. The van der Waals surface area contributed by atoms with Gasteiger partial charge in [0.05, 0.1) is 11.9 Å². The Morgan fingerprint density at radius 3 is 2.69 bits per heavy atom. The minimum Gasteiger partial charge on any atom is -0.495 e. The smallest absolute Gasteiger partial charge is 0.0982 e. The molecule has 0 aromatic carbocycles. The number of ether oxygens (including phenoxy) is 1. The average molecular weight is 180 g/mol.